The van der Waals surface area contributed by atoms with E-state index in [9.17, 15) is 4.79 Å². The first-order chi connectivity index (χ1) is 10.6. The van der Waals surface area contributed by atoms with Gasteiger partial charge in [0.25, 0.3) is 0 Å². The molecule has 1 heterocycles. The van der Waals surface area contributed by atoms with Crippen molar-refractivity contribution in [3.63, 3.8) is 0 Å². The fourth-order valence-electron chi connectivity index (χ4n) is 2.68. The van der Waals surface area contributed by atoms with Gasteiger partial charge in [0.2, 0.25) is 5.91 Å². The highest BCUT2D eigenvalue weighted by Crippen LogP contribution is 2.15. The van der Waals surface area contributed by atoms with E-state index in [4.69, 9.17) is 10.5 Å². The lowest BCUT2D eigenvalue weighted by Crippen LogP contribution is -2.49. The Kier molecular flexibility index (Phi) is 6.21. The average Bonchev–Trinajstić information content (AvgIpc) is 2.49. The summed E-state index contributed by atoms with van der Waals surface area (Å²) < 4.78 is 5.45. The van der Waals surface area contributed by atoms with E-state index in [0.29, 0.717) is 13.0 Å². The molecular formula is C17H27N3O2. The van der Waals surface area contributed by atoms with Crippen molar-refractivity contribution in [3.05, 3.63) is 29.8 Å². The molecule has 122 valence electrons. The Bertz CT molecular complexity index is 465. The lowest BCUT2D eigenvalue weighted by Gasteiger charge is -2.35. The van der Waals surface area contributed by atoms with Crippen LogP contribution < -0.4 is 10.5 Å². The Morgan fingerprint density at radius 3 is 2.41 bits per heavy atom. The number of nitrogens with two attached hydrogens (primary N) is 1. The Hall–Kier alpha value is -1.59. The molecule has 1 aromatic rings. The van der Waals surface area contributed by atoms with E-state index in [1.54, 1.807) is 0 Å². The molecule has 5 nitrogen and oxygen atoms in total. The van der Waals surface area contributed by atoms with Gasteiger partial charge in [0.05, 0.1) is 6.61 Å². The van der Waals surface area contributed by atoms with Crippen LogP contribution in [-0.4, -0.2) is 54.5 Å². The number of amides is 1. The molecule has 0 radical (unpaired) electrons. The first kappa shape index (κ1) is 16.8. The molecule has 2 rings (SSSR count). The quantitative estimate of drug-likeness (QED) is 0.864. The van der Waals surface area contributed by atoms with Crippen molar-refractivity contribution in [2.75, 3.05) is 32.8 Å². The summed E-state index contributed by atoms with van der Waals surface area (Å²) >= 11 is 0. The number of rotatable bonds is 6. The first-order valence-corrected chi connectivity index (χ1v) is 8.06. The van der Waals surface area contributed by atoms with Gasteiger partial charge >= 0.3 is 0 Å². The lowest BCUT2D eigenvalue weighted by atomic mass is 10.1. The Morgan fingerprint density at radius 1 is 1.23 bits per heavy atom. The summed E-state index contributed by atoms with van der Waals surface area (Å²) in [6.45, 7) is 8.89. The molecule has 0 aromatic heterocycles. The summed E-state index contributed by atoms with van der Waals surface area (Å²) in [5.41, 5.74) is 6.97. The van der Waals surface area contributed by atoms with Gasteiger partial charge in [-0.05, 0) is 31.5 Å². The summed E-state index contributed by atoms with van der Waals surface area (Å²) in [4.78, 5) is 16.3. The molecule has 2 N–H and O–H groups in total. The number of carbonyl (C=O) groups is 1. The number of hydrogen-bond donors (Lipinski definition) is 1. The summed E-state index contributed by atoms with van der Waals surface area (Å²) in [6, 6.07) is 8.19. The van der Waals surface area contributed by atoms with Crippen LogP contribution in [0, 0.1) is 0 Å². The molecule has 1 aromatic carbocycles. The van der Waals surface area contributed by atoms with Crippen molar-refractivity contribution in [2.24, 2.45) is 5.73 Å². The normalized spacial score (nSPS) is 17.3. The second-order valence-corrected chi connectivity index (χ2v) is 5.92. The SMILES string of the molecule is CCOc1ccc(CN2CCN(C(=O)CC(C)N)CC2)cc1. The number of carbonyl (C=O) groups excluding carboxylic acids is 1. The van der Waals surface area contributed by atoms with Crippen molar-refractivity contribution in [1.82, 2.24) is 9.80 Å². The highest BCUT2D eigenvalue weighted by molar-refractivity contribution is 5.76. The average molecular weight is 305 g/mol. The molecular weight excluding hydrogens is 278 g/mol. The van der Waals surface area contributed by atoms with Crippen LogP contribution in [0.3, 0.4) is 0 Å². The molecule has 0 bridgehead atoms. The molecule has 22 heavy (non-hydrogen) atoms. The minimum Gasteiger partial charge on any atom is -0.494 e. The van der Waals surface area contributed by atoms with Crippen LogP contribution in [-0.2, 0) is 11.3 Å². The minimum atomic E-state index is -0.0608. The van der Waals surface area contributed by atoms with Gasteiger partial charge in [0, 0.05) is 45.2 Å². The summed E-state index contributed by atoms with van der Waals surface area (Å²) in [5.74, 6) is 1.09. The van der Waals surface area contributed by atoms with Crippen LogP contribution in [0.25, 0.3) is 0 Å². The third-order valence-electron chi connectivity index (χ3n) is 3.86. The molecule has 5 heteroatoms. The van der Waals surface area contributed by atoms with Gasteiger partial charge in [-0.2, -0.15) is 0 Å². The van der Waals surface area contributed by atoms with Crippen LogP contribution in [0.5, 0.6) is 5.75 Å². The minimum absolute atomic E-state index is 0.0608. The largest absolute Gasteiger partial charge is 0.494 e. The zero-order valence-electron chi connectivity index (χ0n) is 13.6. The summed E-state index contributed by atoms with van der Waals surface area (Å²) in [6.07, 6.45) is 0.443. The number of piperazine rings is 1. The zero-order valence-corrected chi connectivity index (χ0v) is 13.6. The smallest absolute Gasteiger partial charge is 0.224 e. The molecule has 1 aliphatic rings. The molecule has 0 spiro atoms. The molecule has 0 saturated carbocycles. The van der Waals surface area contributed by atoms with Crippen LogP contribution in [0.15, 0.2) is 24.3 Å². The molecule has 1 aliphatic heterocycles. The number of ether oxygens (including phenoxy) is 1. The zero-order chi connectivity index (χ0) is 15.9. The van der Waals surface area contributed by atoms with Gasteiger partial charge in [0.15, 0.2) is 0 Å². The topological polar surface area (TPSA) is 58.8 Å². The van der Waals surface area contributed by atoms with E-state index in [1.165, 1.54) is 5.56 Å². The van der Waals surface area contributed by atoms with E-state index in [-0.39, 0.29) is 11.9 Å². The Labute approximate surface area is 133 Å². The predicted octanol–water partition coefficient (Wildman–Crippen LogP) is 1.47. The van der Waals surface area contributed by atoms with Crippen LogP contribution >= 0.6 is 0 Å². The van der Waals surface area contributed by atoms with Gasteiger partial charge in [-0.3, -0.25) is 9.69 Å². The molecule has 1 amide bonds. The van der Waals surface area contributed by atoms with Crippen molar-refractivity contribution in [3.8, 4) is 5.75 Å². The van der Waals surface area contributed by atoms with Gasteiger partial charge in [-0.25, -0.2) is 0 Å². The predicted molar refractivity (Wildman–Crippen MR) is 87.7 cm³/mol. The standard InChI is InChI=1S/C17H27N3O2/c1-3-22-16-6-4-15(5-7-16)13-19-8-10-20(11-9-19)17(21)12-14(2)18/h4-7,14H,3,8-13,18H2,1-2H3. The van der Waals surface area contributed by atoms with Gasteiger partial charge in [-0.1, -0.05) is 12.1 Å². The maximum Gasteiger partial charge on any atom is 0.224 e. The fourth-order valence-corrected chi connectivity index (χ4v) is 2.68. The van der Waals surface area contributed by atoms with Crippen molar-refractivity contribution in [1.29, 1.82) is 0 Å². The number of benzene rings is 1. The number of nitrogens with zero attached hydrogens (tertiary/aromatic N) is 2. The third kappa shape index (κ3) is 5.00. The van der Waals surface area contributed by atoms with E-state index in [1.807, 2.05) is 30.9 Å². The van der Waals surface area contributed by atoms with Gasteiger partial charge < -0.3 is 15.4 Å². The van der Waals surface area contributed by atoms with E-state index >= 15 is 0 Å². The van der Waals surface area contributed by atoms with Crippen LogP contribution in [0.2, 0.25) is 0 Å². The first-order valence-electron chi connectivity index (χ1n) is 8.06. The summed E-state index contributed by atoms with van der Waals surface area (Å²) in [7, 11) is 0. The monoisotopic (exact) mass is 305 g/mol. The summed E-state index contributed by atoms with van der Waals surface area (Å²) in [5, 5.41) is 0. The third-order valence-corrected chi connectivity index (χ3v) is 3.86. The maximum absolute atomic E-state index is 12.0. The molecule has 1 saturated heterocycles. The molecule has 1 atom stereocenters. The Morgan fingerprint density at radius 2 is 1.86 bits per heavy atom. The second kappa shape index (κ2) is 8.15. The van der Waals surface area contributed by atoms with Crippen LogP contribution in [0.4, 0.5) is 0 Å². The fraction of sp³-hybridized carbons (Fsp3) is 0.588. The van der Waals surface area contributed by atoms with Crippen molar-refractivity contribution >= 4 is 5.91 Å². The lowest BCUT2D eigenvalue weighted by molar-refractivity contribution is -0.133. The highest BCUT2D eigenvalue weighted by atomic mass is 16.5. The van der Waals surface area contributed by atoms with E-state index < -0.39 is 0 Å². The van der Waals surface area contributed by atoms with E-state index in [0.717, 1.165) is 38.5 Å². The van der Waals surface area contributed by atoms with E-state index in [2.05, 4.69) is 17.0 Å². The maximum atomic E-state index is 12.0. The Balaban J connectivity index is 1.78. The molecule has 0 aliphatic carbocycles. The highest BCUT2D eigenvalue weighted by Gasteiger charge is 2.21. The van der Waals surface area contributed by atoms with Gasteiger partial charge in [0.1, 0.15) is 5.75 Å². The van der Waals surface area contributed by atoms with Gasteiger partial charge in [-0.15, -0.1) is 0 Å². The van der Waals surface area contributed by atoms with Crippen LogP contribution in [0.1, 0.15) is 25.8 Å². The van der Waals surface area contributed by atoms with Crippen molar-refractivity contribution in [2.45, 2.75) is 32.9 Å². The second-order valence-electron chi connectivity index (χ2n) is 5.92. The molecule has 1 unspecified atom stereocenters. The number of hydrogen-bond acceptors (Lipinski definition) is 4. The van der Waals surface area contributed by atoms with Crippen molar-refractivity contribution < 1.29 is 9.53 Å². The molecule has 1 fully saturated rings.